The fraction of sp³-hybridized carbons (Fsp3) is 0.167. The standard InChI is InChI=1S/C12H9BrF3NS/c13-9-4-5-18-11(9)10(17)7-2-1-3-8(6-7)12(14,15)16/h1-6,10H,17H2. The molecule has 0 radical (unpaired) electrons. The molecule has 1 nitrogen and oxygen atoms in total. The van der Waals surface area contributed by atoms with E-state index in [9.17, 15) is 13.2 Å². The minimum absolute atomic E-state index is 0.452. The highest BCUT2D eigenvalue weighted by Gasteiger charge is 2.31. The Kier molecular flexibility index (Phi) is 3.79. The van der Waals surface area contributed by atoms with Gasteiger partial charge >= 0.3 is 6.18 Å². The maximum absolute atomic E-state index is 12.6. The maximum atomic E-state index is 12.6. The number of halogens is 4. The van der Waals surface area contributed by atoms with E-state index < -0.39 is 17.8 Å². The summed E-state index contributed by atoms with van der Waals surface area (Å²) >= 11 is 4.74. The average molecular weight is 336 g/mol. The molecule has 1 atom stereocenters. The van der Waals surface area contributed by atoms with Gasteiger partial charge in [-0.1, -0.05) is 12.1 Å². The van der Waals surface area contributed by atoms with Gasteiger partial charge in [0.05, 0.1) is 11.6 Å². The molecule has 96 valence electrons. The van der Waals surface area contributed by atoms with E-state index in [0.29, 0.717) is 5.56 Å². The van der Waals surface area contributed by atoms with Crippen molar-refractivity contribution in [3.8, 4) is 0 Å². The topological polar surface area (TPSA) is 26.0 Å². The molecular formula is C12H9BrF3NS. The van der Waals surface area contributed by atoms with Crippen LogP contribution in [0, 0.1) is 0 Å². The molecule has 0 bridgehead atoms. The summed E-state index contributed by atoms with van der Waals surface area (Å²) in [5.41, 5.74) is 5.76. The molecule has 0 spiro atoms. The van der Waals surface area contributed by atoms with Crippen molar-refractivity contribution >= 4 is 27.3 Å². The summed E-state index contributed by atoms with van der Waals surface area (Å²) in [6.45, 7) is 0. The van der Waals surface area contributed by atoms with E-state index in [2.05, 4.69) is 15.9 Å². The van der Waals surface area contributed by atoms with Crippen LogP contribution in [0.2, 0.25) is 0 Å². The number of benzene rings is 1. The van der Waals surface area contributed by atoms with Gasteiger partial charge in [-0.15, -0.1) is 11.3 Å². The first-order valence-electron chi connectivity index (χ1n) is 5.05. The zero-order valence-electron chi connectivity index (χ0n) is 9.04. The molecule has 18 heavy (non-hydrogen) atoms. The van der Waals surface area contributed by atoms with E-state index in [-0.39, 0.29) is 0 Å². The first kappa shape index (κ1) is 13.6. The number of nitrogens with two attached hydrogens (primary N) is 1. The van der Waals surface area contributed by atoms with Gasteiger partial charge in [0.2, 0.25) is 0 Å². The SMILES string of the molecule is NC(c1cccc(C(F)(F)F)c1)c1sccc1Br. The third kappa shape index (κ3) is 2.76. The number of alkyl halides is 3. The van der Waals surface area contributed by atoms with Gasteiger partial charge in [-0.25, -0.2) is 0 Å². The summed E-state index contributed by atoms with van der Waals surface area (Å²) in [4.78, 5) is 0.814. The molecule has 1 heterocycles. The second-order valence-electron chi connectivity index (χ2n) is 3.73. The van der Waals surface area contributed by atoms with Crippen molar-refractivity contribution in [2.45, 2.75) is 12.2 Å². The molecule has 2 N–H and O–H groups in total. The summed E-state index contributed by atoms with van der Waals surface area (Å²) in [5, 5.41) is 1.84. The lowest BCUT2D eigenvalue weighted by Gasteiger charge is -2.14. The predicted molar refractivity (Wildman–Crippen MR) is 69.5 cm³/mol. The molecule has 0 aliphatic heterocycles. The Morgan fingerprint density at radius 2 is 1.94 bits per heavy atom. The average Bonchev–Trinajstić information content (AvgIpc) is 2.73. The summed E-state index contributed by atoms with van der Waals surface area (Å²) in [7, 11) is 0. The maximum Gasteiger partial charge on any atom is 0.416 e. The van der Waals surface area contributed by atoms with Crippen LogP contribution < -0.4 is 5.73 Å². The van der Waals surface area contributed by atoms with Gasteiger partial charge in [0, 0.05) is 9.35 Å². The van der Waals surface area contributed by atoms with Gasteiger partial charge in [0.1, 0.15) is 0 Å². The van der Waals surface area contributed by atoms with E-state index in [4.69, 9.17) is 5.73 Å². The predicted octanol–water partition coefficient (Wildman–Crippen LogP) is 4.58. The second kappa shape index (κ2) is 5.03. The van der Waals surface area contributed by atoms with Gasteiger partial charge in [-0.05, 0) is 45.1 Å². The number of hydrogen-bond acceptors (Lipinski definition) is 2. The van der Waals surface area contributed by atoms with Crippen LogP contribution in [0.4, 0.5) is 13.2 Å². The third-order valence-corrected chi connectivity index (χ3v) is 4.45. The van der Waals surface area contributed by atoms with Crippen LogP contribution >= 0.6 is 27.3 Å². The van der Waals surface area contributed by atoms with Crippen molar-refractivity contribution in [2.24, 2.45) is 5.73 Å². The Bertz CT molecular complexity index is 550. The molecule has 6 heteroatoms. The Morgan fingerprint density at radius 3 is 2.50 bits per heavy atom. The van der Waals surface area contributed by atoms with Gasteiger partial charge in [0.25, 0.3) is 0 Å². The molecule has 1 aromatic heterocycles. The molecule has 0 aliphatic carbocycles. The lowest BCUT2D eigenvalue weighted by atomic mass is 10.0. The van der Waals surface area contributed by atoms with Crippen molar-refractivity contribution in [1.82, 2.24) is 0 Å². The molecular weight excluding hydrogens is 327 g/mol. The fourth-order valence-corrected chi connectivity index (χ4v) is 3.24. The number of hydrogen-bond donors (Lipinski definition) is 1. The molecule has 2 rings (SSSR count). The molecule has 0 amide bonds. The summed E-state index contributed by atoms with van der Waals surface area (Å²) < 4.78 is 38.6. The van der Waals surface area contributed by atoms with Crippen LogP contribution in [0.25, 0.3) is 0 Å². The highest BCUT2D eigenvalue weighted by molar-refractivity contribution is 9.10. The summed E-state index contributed by atoms with van der Waals surface area (Å²) in [6.07, 6.45) is -4.34. The quantitative estimate of drug-likeness (QED) is 0.854. The minimum atomic E-state index is -4.34. The van der Waals surface area contributed by atoms with Crippen molar-refractivity contribution in [2.75, 3.05) is 0 Å². The molecule has 2 aromatic rings. The Hall–Kier alpha value is -0.850. The van der Waals surface area contributed by atoms with Crippen LogP contribution in [0.15, 0.2) is 40.2 Å². The van der Waals surface area contributed by atoms with E-state index in [1.807, 2.05) is 11.4 Å². The first-order valence-corrected chi connectivity index (χ1v) is 6.72. The van der Waals surface area contributed by atoms with Crippen molar-refractivity contribution in [1.29, 1.82) is 0 Å². The van der Waals surface area contributed by atoms with Gasteiger partial charge in [-0.2, -0.15) is 13.2 Å². The molecule has 1 unspecified atom stereocenters. The largest absolute Gasteiger partial charge is 0.416 e. The lowest BCUT2D eigenvalue weighted by Crippen LogP contribution is -2.13. The fourth-order valence-electron chi connectivity index (χ4n) is 1.59. The molecule has 1 aromatic carbocycles. The second-order valence-corrected chi connectivity index (χ2v) is 5.54. The number of rotatable bonds is 2. The summed E-state index contributed by atoms with van der Waals surface area (Å²) in [5.74, 6) is 0. The van der Waals surface area contributed by atoms with E-state index in [1.165, 1.54) is 17.4 Å². The monoisotopic (exact) mass is 335 g/mol. The van der Waals surface area contributed by atoms with E-state index >= 15 is 0 Å². The van der Waals surface area contributed by atoms with Gasteiger partial charge in [0.15, 0.2) is 0 Å². The highest BCUT2D eigenvalue weighted by Crippen LogP contribution is 2.34. The van der Waals surface area contributed by atoms with Crippen molar-refractivity contribution < 1.29 is 13.2 Å². The molecule has 0 saturated carbocycles. The normalized spacial score (nSPS) is 13.6. The molecule has 0 aliphatic rings. The van der Waals surface area contributed by atoms with Crippen molar-refractivity contribution in [3.05, 3.63) is 56.2 Å². The summed E-state index contributed by atoms with van der Waals surface area (Å²) in [6, 6.07) is 6.39. The van der Waals surface area contributed by atoms with Crippen LogP contribution in [-0.2, 0) is 6.18 Å². The van der Waals surface area contributed by atoms with Crippen LogP contribution in [0.5, 0.6) is 0 Å². The van der Waals surface area contributed by atoms with Crippen LogP contribution in [0.1, 0.15) is 22.0 Å². The highest BCUT2D eigenvalue weighted by atomic mass is 79.9. The van der Waals surface area contributed by atoms with Gasteiger partial charge < -0.3 is 5.73 Å². The Balaban J connectivity index is 2.38. The van der Waals surface area contributed by atoms with Crippen LogP contribution in [-0.4, -0.2) is 0 Å². The van der Waals surface area contributed by atoms with Crippen molar-refractivity contribution in [3.63, 3.8) is 0 Å². The lowest BCUT2D eigenvalue weighted by molar-refractivity contribution is -0.137. The minimum Gasteiger partial charge on any atom is -0.320 e. The third-order valence-electron chi connectivity index (χ3n) is 2.50. The molecule has 0 fully saturated rings. The zero-order valence-corrected chi connectivity index (χ0v) is 11.4. The smallest absolute Gasteiger partial charge is 0.320 e. The van der Waals surface area contributed by atoms with Crippen LogP contribution in [0.3, 0.4) is 0 Å². The van der Waals surface area contributed by atoms with E-state index in [1.54, 1.807) is 6.07 Å². The Labute approximate surface area is 115 Å². The number of thiophene rings is 1. The van der Waals surface area contributed by atoms with Gasteiger partial charge in [-0.3, -0.25) is 0 Å². The van der Waals surface area contributed by atoms with E-state index in [0.717, 1.165) is 21.5 Å². The first-order chi connectivity index (χ1) is 8.39. The Morgan fingerprint density at radius 1 is 1.22 bits per heavy atom. The molecule has 0 saturated heterocycles. The zero-order chi connectivity index (χ0) is 13.3.